The first-order chi connectivity index (χ1) is 12.3. The first-order valence-corrected chi connectivity index (χ1v) is 8.69. The van der Waals surface area contributed by atoms with E-state index in [1.807, 2.05) is 35.0 Å². The Labute approximate surface area is 150 Å². The van der Waals surface area contributed by atoms with Gasteiger partial charge < -0.3 is 14.6 Å². The summed E-state index contributed by atoms with van der Waals surface area (Å²) >= 11 is 6.18. The predicted octanol–water partition coefficient (Wildman–Crippen LogP) is 4.08. The molecule has 25 heavy (non-hydrogen) atoms. The van der Waals surface area contributed by atoms with Crippen molar-refractivity contribution in [1.82, 2.24) is 9.55 Å². The van der Waals surface area contributed by atoms with Gasteiger partial charge in [0.1, 0.15) is 5.82 Å². The number of hydrogen-bond donors (Lipinski definition) is 1. The molecule has 6 heteroatoms. The molecule has 0 radical (unpaired) electrons. The molecule has 1 N–H and O–H groups in total. The van der Waals surface area contributed by atoms with Crippen LogP contribution in [0.4, 0.5) is 5.82 Å². The molecule has 3 aromatic rings. The van der Waals surface area contributed by atoms with Gasteiger partial charge in [0, 0.05) is 47.6 Å². The van der Waals surface area contributed by atoms with Crippen LogP contribution in [0.15, 0.2) is 42.7 Å². The SMILES string of the molecule is O=Cc1cn(-c2cccnc2NC2CCOCC2)c2cc(Cl)ccc12. The molecule has 0 atom stereocenters. The summed E-state index contributed by atoms with van der Waals surface area (Å²) in [5.74, 6) is 0.795. The number of hydrogen-bond acceptors (Lipinski definition) is 4. The zero-order valence-corrected chi connectivity index (χ0v) is 14.4. The van der Waals surface area contributed by atoms with Gasteiger partial charge in [-0.2, -0.15) is 0 Å². The molecule has 1 aliphatic rings. The highest BCUT2D eigenvalue weighted by Gasteiger charge is 2.18. The van der Waals surface area contributed by atoms with Gasteiger partial charge in [-0.05, 0) is 37.1 Å². The van der Waals surface area contributed by atoms with Crippen molar-refractivity contribution in [3.05, 3.63) is 53.3 Å². The summed E-state index contributed by atoms with van der Waals surface area (Å²) in [4.78, 5) is 16.0. The number of carbonyl (C=O) groups excluding carboxylic acids is 1. The topological polar surface area (TPSA) is 56.2 Å². The summed E-state index contributed by atoms with van der Waals surface area (Å²) in [5, 5.41) is 5.03. The van der Waals surface area contributed by atoms with Gasteiger partial charge in [0.15, 0.2) is 6.29 Å². The van der Waals surface area contributed by atoms with E-state index in [1.54, 1.807) is 12.3 Å². The van der Waals surface area contributed by atoms with Crippen molar-refractivity contribution in [2.75, 3.05) is 18.5 Å². The van der Waals surface area contributed by atoms with Gasteiger partial charge in [0.25, 0.3) is 0 Å². The highest BCUT2D eigenvalue weighted by Crippen LogP contribution is 2.29. The zero-order chi connectivity index (χ0) is 17.2. The summed E-state index contributed by atoms with van der Waals surface area (Å²) in [7, 11) is 0. The molecule has 0 spiro atoms. The Morgan fingerprint density at radius 3 is 2.92 bits per heavy atom. The van der Waals surface area contributed by atoms with Crippen molar-refractivity contribution in [3.8, 4) is 5.69 Å². The Bertz CT molecular complexity index is 916. The van der Waals surface area contributed by atoms with Crippen LogP contribution in [0.5, 0.6) is 0 Å². The van der Waals surface area contributed by atoms with Crippen molar-refractivity contribution in [3.63, 3.8) is 0 Å². The summed E-state index contributed by atoms with van der Waals surface area (Å²) in [5.41, 5.74) is 2.42. The maximum absolute atomic E-state index is 11.5. The molecular formula is C19H18ClN3O2. The highest BCUT2D eigenvalue weighted by molar-refractivity contribution is 6.31. The number of fused-ring (bicyclic) bond motifs is 1. The molecule has 0 bridgehead atoms. The van der Waals surface area contributed by atoms with E-state index in [0.29, 0.717) is 16.6 Å². The van der Waals surface area contributed by atoms with E-state index in [1.165, 1.54) is 0 Å². The van der Waals surface area contributed by atoms with Crippen LogP contribution in [0.2, 0.25) is 5.02 Å². The van der Waals surface area contributed by atoms with Gasteiger partial charge >= 0.3 is 0 Å². The first-order valence-electron chi connectivity index (χ1n) is 8.32. The van der Waals surface area contributed by atoms with Crippen molar-refractivity contribution >= 4 is 34.6 Å². The number of aromatic nitrogens is 2. The van der Waals surface area contributed by atoms with E-state index in [0.717, 1.165) is 54.7 Å². The van der Waals surface area contributed by atoms with Crippen LogP contribution in [0, 0.1) is 0 Å². The number of anilines is 1. The molecule has 1 saturated heterocycles. The third-order valence-corrected chi connectivity index (χ3v) is 4.77. The fraction of sp³-hybridized carbons (Fsp3) is 0.263. The number of rotatable bonds is 4. The van der Waals surface area contributed by atoms with Gasteiger partial charge in [-0.1, -0.05) is 17.7 Å². The molecule has 0 aliphatic carbocycles. The molecular weight excluding hydrogens is 338 g/mol. The van der Waals surface area contributed by atoms with Gasteiger partial charge in [-0.15, -0.1) is 0 Å². The Morgan fingerprint density at radius 2 is 2.12 bits per heavy atom. The number of aldehydes is 1. The minimum Gasteiger partial charge on any atom is -0.381 e. The van der Waals surface area contributed by atoms with E-state index < -0.39 is 0 Å². The standard InChI is InChI=1S/C19H18ClN3O2/c20-14-3-4-16-13(12-24)11-23(18(16)10-14)17-2-1-7-21-19(17)22-15-5-8-25-9-6-15/h1-4,7,10-12,15H,5-6,8-9H2,(H,21,22). The quantitative estimate of drug-likeness (QED) is 0.716. The van der Waals surface area contributed by atoms with Crippen molar-refractivity contribution in [2.24, 2.45) is 0 Å². The molecule has 0 unspecified atom stereocenters. The van der Waals surface area contributed by atoms with Crippen LogP contribution in [0.25, 0.3) is 16.6 Å². The van der Waals surface area contributed by atoms with Crippen LogP contribution in [-0.4, -0.2) is 35.1 Å². The molecule has 1 aliphatic heterocycles. The lowest BCUT2D eigenvalue weighted by molar-refractivity contribution is 0.0904. The number of nitrogens with zero attached hydrogens (tertiary/aromatic N) is 2. The maximum atomic E-state index is 11.5. The maximum Gasteiger partial charge on any atom is 0.152 e. The van der Waals surface area contributed by atoms with E-state index in [4.69, 9.17) is 16.3 Å². The van der Waals surface area contributed by atoms with E-state index >= 15 is 0 Å². The number of nitrogens with one attached hydrogen (secondary N) is 1. The number of pyridine rings is 1. The molecule has 0 amide bonds. The van der Waals surface area contributed by atoms with Crippen LogP contribution >= 0.6 is 11.6 Å². The number of ether oxygens (including phenoxy) is 1. The zero-order valence-electron chi connectivity index (χ0n) is 13.6. The second-order valence-corrected chi connectivity index (χ2v) is 6.57. The summed E-state index contributed by atoms with van der Waals surface area (Å²) in [6.45, 7) is 1.52. The number of benzene rings is 1. The molecule has 128 valence electrons. The minimum atomic E-state index is 0.332. The lowest BCUT2D eigenvalue weighted by Crippen LogP contribution is -2.28. The van der Waals surface area contributed by atoms with Crippen LogP contribution < -0.4 is 5.32 Å². The summed E-state index contributed by atoms with van der Waals surface area (Å²) in [6.07, 6.45) is 6.38. The van der Waals surface area contributed by atoms with Gasteiger partial charge in [0.05, 0.1) is 11.2 Å². The molecule has 2 aromatic heterocycles. The van der Waals surface area contributed by atoms with Crippen LogP contribution in [0.1, 0.15) is 23.2 Å². The van der Waals surface area contributed by atoms with Gasteiger partial charge in [0.2, 0.25) is 0 Å². The molecule has 3 heterocycles. The lowest BCUT2D eigenvalue weighted by atomic mass is 10.1. The summed E-state index contributed by atoms with van der Waals surface area (Å²) in [6, 6.07) is 9.75. The van der Waals surface area contributed by atoms with E-state index in [2.05, 4.69) is 10.3 Å². The van der Waals surface area contributed by atoms with Crippen molar-refractivity contribution in [1.29, 1.82) is 0 Å². The number of halogens is 1. The van der Waals surface area contributed by atoms with E-state index in [9.17, 15) is 4.79 Å². The molecule has 1 fully saturated rings. The smallest absolute Gasteiger partial charge is 0.152 e. The second kappa shape index (κ2) is 6.86. The Morgan fingerprint density at radius 1 is 1.28 bits per heavy atom. The molecule has 0 saturated carbocycles. The van der Waals surface area contributed by atoms with E-state index in [-0.39, 0.29) is 0 Å². The minimum absolute atomic E-state index is 0.332. The van der Waals surface area contributed by atoms with Gasteiger partial charge in [-0.25, -0.2) is 4.98 Å². The number of carbonyl (C=O) groups is 1. The molecule has 1 aromatic carbocycles. The Hall–Kier alpha value is -2.37. The average Bonchev–Trinajstić information content (AvgIpc) is 3.01. The average molecular weight is 356 g/mol. The summed E-state index contributed by atoms with van der Waals surface area (Å²) < 4.78 is 7.39. The first kappa shape index (κ1) is 16.1. The van der Waals surface area contributed by atoms with Gasteiger partial charge in [-0.3, -0.25) is 4.79 Å². The molecule has 5 nitrogen and oxygen atoms in total. The second-order valence-electron chi connectivity index (χ2n) is 6.14. The third-order valence-electron chi connectivity index (χ3n) is 4.53. The largest absolute Gasteiger partial charge is 0.381 e. The van der Waals surface area contributed by atoms with Crippen LogP contribution in [0.3, 0.4) is 0 Å². The van der Waals surface area contributed by atoms with Crippen molar-refractivity contribution < 1.29 is 9.53 Å². The predicted molar refractivity (Wildman–Crippen MR) is 98.9 cm³/mol. The monoisotopic (exact) mass is 355 g/mol. The highest BCUT2D eigenvalue weighted by atomic mass is 35.5. The lowest BCUT2D eigenvalue weighted by Gasteiger charge is -2.24. The van der Waals surface area contributed by atoms with Crippen LogP contribution in [-0.2, 0) is 4.74 Å². The normalized spacial score (nSPS) is 15.4. The molecule has 4 rings (SSSR count). The Kier molecular flexibility index (Phi) is 4.42. The van der Waals surface area contributed by atoms with Crippen molar-refractivity contribution in [2.45, 2.75) is 18.9 Å². The fourth-order valence-electron chi connectivity index (χ4n) is 3.26. The fourth-order valence-corrected chi connectivity index (χ4v) is 3.42. The third kappa shape index (κ3) is 3.13. The Balaban J connectivity index is 1.81.